The first kappa shape index (κ1) is 14.1. The molecule has 9 heteroatoms. The Morgan fingerprint density at radius 1 is 1.27 bits per heavy atom. The van der Waals surface area contributed by atoms with E-state index in [0.717, 1.165) is 0 Å². The molecule has 1 unspecified atom stereocenters. The first-order chi connectivity index (χ1) is 6.72. The summed E-state index contributed by atoms with van der Waals surface area (Å²) in [5, 5.41) is 19.0. The lowest BCUT2D eigenvalue weighted by atomic mass is 10.2. The maximum absolute atomic E-state index is 10.5. The normalized spacial score (nSPS) is 13.5. The van der Waals surface area contributed by atoms with Crippen LogP contribution < -0.4 is 5.32 Å². The minimum Gasteiger partial charge on any atom is -0.480 e. The van der Waals surface area contributed by atoms with Gasteiger partial charge in [-0.2, -0.15) is 0 Å². The predicted molar refractivity (Wildman–Crippen MR) is 48.6 cm³/mol. The number of hydrogen-bond acceptors (Lipinski definition) is 4. The van der Waals surface area contributed by atoms with E-state index in [-0.39, 0.29) is 6.42 Å². The summed E-state index contributed by atoms with van der Waals surface area (Å²) in [5.74, 6) is -2.58. The SMILES string of the molecule is O=C(O)CNC(CCP(=O)(O)O)C(=O)O. The number of rotatable bonds is 7. The quantitative estimate of drug-likeness (QED) is 0.345. The summed E-state index contributed by atoms with van der Waals surface area (Å²) in [6.07, 6.45) is -0.927. The molecule has 15 heavy (non-hydrogen) atoms. The van der Waals surface area contributed by atoms with E-state index >= 15 is 0 Å². The second kappa shape index (κ2) is 5.82. The molecule has 1 atom stereocenters. The molecule has 0 bridgehead atoms. The Labute approximate surface area is 85.1 Å². The molecule has 0 aliphatic carbocycles. The van der Waals surface area contributed by atoms with Crippen molar-refractivity contribution in [2.75, 3.05) is 12.7 Å². The highest BCUT2D eigenvalue weighted by Gasteiger charge is 2.22. The van der Waals surface area contributed by atoms with Crippen LogP contribution >= 0.6 is 7.60 Å². The maximum Gasteiger partial charge on any atom is 0.325 e. The van der Waals surface area contributed by atoms with Crippen molar-refractivity contribution >= 4 is 19.5 Å². The molecule has 0 aliphatic rings. The summed E-state index contributed by atoms with van der Waals surface area (Å²) >= 11 is 0. The molecule has 8 nitrogen and oxygen atoms in total. The Kier molecular flexibility index (Phi) is 5.45. The maximum atomic E-state index is 10.5. The van der Waals surface area contributed by atoms with Crippen LogP contribution in [0.4, 0.5) is 0 Å². The average Bonchev–Trinajstić information content (AvgIpc) is 2.00. The van der Waals surface area contributed by atoms with Gasteiger partial charge in [0.25, 0.3) is 0 Å². The van der Waals surface area contributed by atoms with Crippen molar-refractivity contribution in [3.8, 4) is 0 Å². The number of carboxylic acids is 2. The molecule has 0 heterocycles. The molecule has 0 aliphatic heterocycles. The van der Waals surface area contributed by atoms with Crippen LogP contribution in [0.1, 0.15) is 6.42 Å². The van der Waals surface area contributed by atoms with E-state index in [1.807, 2.05) is 0 Å². The monoisotopic (exact) mass is 241 g/mol. The van der Waals surface area contributed by atoms with Gasteiger partial charge in [-0.05, 0) is 6.42 Å². The third kappa shape index (κ3) is 8.07. The third-order valence-corrected chi connectivity index (χ3v) is 2.35. The van der Waals surface area contributed by atoms with Crippen LogP contribution in [0.2, 0.25) is 0 Å². The van der Waals surface area contributed by atoms with Gasteiger partial charge in [0.15, 0.2) is 0 Å². The number of hydrogen-bond donors (Lipinski definition) is 5. The molecule has 0 saturated carbocycles. The fourth-order valence-electron chi connectivity index (χ4n) is 0.821. The van der Waals surface area contributed by atoms with Crippen LogP contribution in [0, 0.1) is 0 Å². The lowest BCUT2D eigenvalue weighted by Crippen LogP contribution is -2.40. The van der Waals surface area contributed by atoms with Crippen LogP contribution in [0.3, 0.4) is 0 Å². The van der Waals surface area contributed by atoms with Gasteiger partial charge in [0.1, 0.15) is 6.04 Å². The molecule has 0 rings (SSSR count). The van der Waals surface area contributed by atoms with Gasteiger partial charge in [-0.3, -0.25) is 19.5 Å². The van der Waals surface area contributed by atoms with Crippen LogP contribution in [0.25, 0.3) is 0 Å². The molecule has 0 aromatic rings. The highest BCUT2D eigenvalue weighted by Crippen LogP contribution is 2.35. The zero-order valence-electron chi connectivity index (χ0n) is 7.66. The van der Waals surface area contributed by atoms with Crippen molar-refractivity contribution in [3.05, 3.63) is 0 Å². The molecule has 5 N–H and O–H groups in total. The summed E-state index contributed by atoms with van der Waals surface area (Å²) in [6.45, 7) is -0.571. The largest absolute Gasteiger partial charge is 0.480 e. The number of nitrogens with one attached hydrogen (secondary N) is 1. The zero-order valence-corrected chi connectivity index (χ0v) is 8.55. The Bertz CT molecular complexity index is 285. The van der Waals surface area contributed by atoms with Gasteiger partial charge >= 0.3 is 19.5 Å². The molecular formula is C6H12NO7P. The van der Waals surface area contributed by atoms with Gasteiger partial charge in [0.2, 0.25) is 0 Å². The molecule has 0 aromatic heterocycles. The Morgan fingerprint density at radius 2 is 1.80 bits per heavy atom. The van der Waals surface area contributed by atoms with Crippen molar-refractivity contribution in [1.82, 2.24) is 5.32 Å². The Morgan fingerprint density at radius 3 is 2.13 bits per heavy atom. The topological polar surface area (TPSA) is 144 Å². The highest BCUT2D eigenvalue weighted by molar-refractivity contribution is 7.51. The van der Waals surface area contributed by atoms with Gasteiger partial charge < -0.3 is 20.0 Å². The molecule has 0 saturated heterocycles. The molecule has 0 fully saturated rings. The third-order valence-electron chi connectivity index (χ3n) is 1.51. The molecule has 0 radical (unpaired) electrons. The lowest BCUT2D eigenvalue weighted by Gasteiger charge is -2.12. The van der Waals surface area contributed by atoms with Crippen molar-refractivity contribution in [2.45, 2.75) is 12.5 Å². The van der Waals surface area contributed by atoms with Gasteiger partial charge in [-0.25, -0.2) is 0 Å². The summed E-state index contributed by atoms with van der Waals surface area (Å²) in [4.78, 5) is 37.6. The first-order valence-electron chi connectivity index (χ1n) is 3.95. The van der Waals surface area contributed by atoms with Crippen LogP contribution in [-0.4, -0.2) is 50.7 Å². The number of carboxylic acid groups (broad SMARTS) is 2. The number of aliphatic carboxylic acids is 2. The molecule has 0 amide bonds. The Balaban J connectivity index is 4.11. The van der Waals surface area contributed by atoms with E-state index in [2.05, 4.69) is 5.32 Å². The molecule has 0 spiro atoms. The van der Waals surface area contributed by atoms with E-state index in [0.29, 0.717) is 0 Å². The van der Waals surface area contributed by atoms with E-state index < -0.39 is 38.3 Å². The summed E-state index contributed by atoms with van der Waals surface area (Å²) in [5.41, 5.74) is 0. The van der Waals surface area contributed by atoms with E-state index in [4.69, 9.17) is 20.0 Å². The first-order valence-corrected chi connectivity index (χ1v) is 5.74. The number of carbonyl (C=O) groups is 2. The highest BCUT2D eigenvalue weighted by atomic mass is 31.2. The molecule has 88 valence electrons. The zero-order chi connectivity index (χ0) is 12.1. The van der Waals surface area contributed by atoms with Gasteiger partial charge in [-0.1, -0.05) is 0 Å². The van der Waals surface area contributed by atoms with Crippen molar-refractivity contribution in [2.24, 2.45) is 0 Å². The summed E-state index contributed by atoms with van der Waals surface area (Å²) in [6, 6.07) is -1.27. The van der Waals surface area contributed by atoms with E-state index in [1.165, 1.54) is 0 Å². The standard InChI is InChI=1S/C6H12NO7P/c8-5(9)3-7-4(6(10)11)1-2-15(12,13)14/h4,7H,1-3H2,(H,8,9)(H,10,11)(H2,12,13,14). The predicted octanol–water partition coefficient (Wildman–Crippen LogP) is -1.32. The second-order valence-electron chi connectivity index (χ2n) is 2.84. The van der Waals surface area contributed by atoms with Crippen LogP contribution in [-0.2, 0) is 14.2 Å². The van der Waals surface area contributed by atoms with Crippen molar-refractivity contribution in [3.63, 3.8) is 0 Å². The molecular weight excluding hydrogens is 229 g/mol. The van der Waals surface area contributed by atoms with E-state index in [1.54, 1.807) is 0 Å². The fourth-order valence-corrected chi connectivity index (χ4v) is 1.42. The Hall–Kier alpha value is -0.950. The van der Waals surface area contributed by atoms with Crippen LogP contribution in [0.15, 0.2) is 0 Å². The van der Waals surface area contributed by atoms with Crippen molar-refractivity contribution in [1.29, 1.82) is 0 Å². The second-order valence-corrected chi connectivity index (χ2v) is 4.62. The lowest BCUT2D eigenvalue weighted by molar-refractivity contribution is -0.140. The average molecular weight is 241 g/mol. The van der Waals surface area contributed by atoms with Crippen molar-refractivity contribution < 1.29 is 34.2 Å². The van der Waals surface area contributed by atoms with Gasteiger partial charge in [0, 0.05) is 0 Å². The van der Waals surface area contributed by atoms with E-state index in [9.17, 15) is 14.2 Å². The minimum atomic E-state index is -4.26. The molecule has 0 aromatic carbocycles. The summed E-state index contributed by atoms with van der Waals surface area (Å²) in [7, 11) is -4.26. The van der Waals surface area contributed by atoms with Crippen LogP contribution in [0.5, 0.6) is 0 Å². The van der Waals surface area contributed by atoms with Gasteiger partial charge in [-0.15, -0.1) is 0 Å². The summed E-state index contributed by atoms with van der Waals surface area (Å²) < 4.78 is 10.5. The fraction of sp³-hybridized carbons (Fsp3) is 0.667. The van der Waals surface area contributed by atoms with Gasteiger partial charge in [0.05, 0.1) is 12.7 Å². The minimum absolute atomic E-state index is 0.326. The smallest absolute Gasteiger partial charge is 0.325 e.